The van der Waals surface area contributed by atoms with Crippen molar-refractivity contribution in [2.75, 3.05) is 20.2 Å². The number of pyridine rings is 1. The molecular formula is C16H22N2O2S. The minimum absolute atomic E-state index is 0.165. The molecule has 2 unspecified atom stereocenters. The number of aliphatic hydroxyl groups is 1. The summed E-state index contributed by atoms with van der Waals surface area (Å²) in [6, 6.07) is 10.1. The molecule has 0 aliphatic rings. The fourth-order valence-corrected chi connectivity index (χ4v) is 2.72. The monoisotopic (exact) mass is 306 g/mol. The van der Waals surface area contributed by atoms with Gasteiger partial charge in [0, 0.05) is 23.7 Å². The number of hydrogen-bond donors (Lipinski definition) is 1. The Kier molecular flexibility index (Phi) is 6.32. The van der Waals surface area contributed by atoms with E-state index in [2.05, 4.69) is 16.8 Å². The van der Waals surface area contributed by atoms with Crippen LogP contribution in [0.3, 0.4) is 0 Å². The summed E-state index contributed by atoms with van der Waals surface area (Å²) in [7, 11) is 1.99. The normalized spacial score (nSPS) is 14.3. The maximum atomic E-state index is 10.1. The first-order valence-electron chi connectivity index (χ1n) is 7.06. The van der Waals surface area contributed by atoms with Crippen molar-refractivity contribution < 1.29 is 9.84 Å². The van der Waals surface area contributed by atoms with Gasteiger partial charge in [0.15, 0.2) is 0 Å². The molecule has 1 N–H and O–H groups in total. The molecule has 0 aromatic carbocycles. The molecule has 0 radical (unpaired) electrons. The van der Waals surface area contributed by atoms with E-state index < -0.39 is 6.10 Å². The first-order valence-corrected chi connectivity index (χ1v) is 7.94. The van der Waals surface area contributed by atoms with E-state index in [9.17, 15) is 5.11 Å². The largest absolute Gasteiger partial charge is 0.389 e. The van der Waals surface area contributed by atoms with Crippen LogP contribution < -0.4 is 0 Å². The highest BCUT2D eigenvalue weighted by molar-refractivity contribution is 7.09. The van der Waals surface area contributed by atoms with Crippen molar-refractivity contribution in [2.24, 2.45) is 0 Å². The molecule has 5 heteroatoms. The Morgan fingerprint density at radius 3 is 2.86 bits per heavy atom. The highest BCUT2D eigenvalue weighted by atomic mass is 32.1. The second-order valence-corrected chi connectivity index (χ2v) is 6.15. The highest BCUT2D eigenvalue weighted by Gasteiger charge is 2.16. The molecule has 21 heavy (non-hydrogen) atoms. The summed E-state index contributed by atoms with van der Waals surface area (Å²) in [4.78, 5) is 7.61. The summed E-state index contributed by atoms with van der Waals surface area (Å²) in [5.41, 5.74) is 1.01. The number of ether oxygens (including phenoxy) is 1. The molecule has 0 aliphatic carbocycles. The van der Waals surface area contributed by atoms with Crippen LogP contribution in [-0.2, 0) is 11.3 Å². The molecular weight excluding hydrogens is 284 g/mol. The van der Waals surface area contributed by atoms with Crippen LogP contribution in [0.4, 0.5) is 0 Å². The molecule has 2 heterocycles. The van der Waals surface area contributed by atoms with Gasteiger partial charge in [0.1, 0.15) is 0 Å². The number of likely N-dealkylation sites (N-methyl/N-ethyl adjacent to an activating group) is 1. The van der Waals surface area contributed by atoms with E-state index in [1.165, 1.54) is 4.88 Å². The average molecular weight is 306 g/mol. The van der Waals surface area contributed by atoms with E-state index >= 15 is 0 Å². The summed E-state index contributed by atoms with van der Waals surface area (Å²) in [5, 5.41) is 12.1. The summed E-state index contributed by atoms with van der Waals surface area (Å²) >= 11 is 1.67. The molecule has 0 aliphatic heterocycles. The van der Waals surface area contributed by atoms with Crippen molar-refractivity contribution in [1.82, 2.24) is 9.88 Å². The zero-order valence-electron chi connectivity index (χ0n) is 12.5. The first kappa shape index (κ1) is 16.1. The Morgan fingerprint density at radius 1 is 1.33 bits per heavy atom. The predicted molar refractivity (Wildman–Crippen MR) is 85.3 cm³/mol. The van der Waals surface area contributed by atoms with E-state index in [0.29, 0.717) is 19.8 Å². The van der Waals surface area contributed by atoms with Gasteiger partial charge in [0.25, 0.3) is 0 Å². The Labute approximate surface area is 130 Å². The third kappa shape index (κ3) is 5.21. The molecule has 0 saturated heterocycles. The number of hydrogen-bond acceptors (Lipinski definition) is 5. The van der Waals surface area contributed by atoms with Crippen LogP contribution in [0.1, 0.15) is 23.5 Å². The second kappa shape index (κ2) is 8.24. The van der Waals surface area contributed by atoms with Gasteiger partial charge in [-0.25, -0.2) is 0 Å². The molecule has 4 nitrogen and oxygen atoms in total. The number of thiophene rings is 1. The minimum atomic E-state index is -0.499. The fourth-order valence-electron chi connectivity index (χ4n) is 2.08. The SMILES string of the molecule is CC(c1ccccn1)N(C)CC(O)COCc1cccs1. The van der Waals surface area contributed by atoms with E-state index in [4.69, 9.17) is 4.74 Å². The quantitative estimate of drug-likeness (QED) is 0.814. The Balaban J connectivity index is 1.72. The second-order valence-electron chi connectivity index (χ2n) is 5.12. The summed E-state index contributed by atoms with van der Waals surface area (Å²) < 4.78 is 5.54. The lowest BCUT2D eigenvalue weighted by Crippen LogP contribution is -2.34. The topological polar surface area (TPSA) is 45.6 Å². The Morgan fingerprint density at radius 2 is 2.19 bits per heavy atom. The molecule has 0 amide bonds. The molecule has 2 rings (SSSR count). The van der Waals surface area contributed by atoms with Gasteiger partial charge < -0.3 is 9.84 Å². The molecule has 0 bridgehead atoms. The van der Waals surface area contributed by atoms with E-state index in [1.807, 2.05) is 42.8 Å². The molecule has 0 spiro atoms. The summed E-state index contributed by atoms with van der Waals surface area (Å²) in [6.45, 7) is 3.55. The van der Waals surface area contributed by atoms with Crippen molar-refractivity contribution in [3.8, 4) is 0 Å². The lowest BCUT2D eigenvalue weighted by Gasteiger charge is -2.26. The molecule has 114 valence electrons. The van der Waals surface area contributed by atoms with Gasteiger partial charge in [-0.2, -0.15) is 0 Å². The first-order chi connectivity index (χ1) is 10.2. The smallest absolute Gasteiger partial charge is 0.0900 e. The van der Waals surface area contributed by atoms with Gasteiger partial charge in [-0.15, -0.1) is 11.3 Å². The number of aliphatic hydroxyl groups excluding tert-OH is 1. The van der Waals surface area contributed by atoms with Crippen LogP contribution in [-0.4, -0.2) is 41.3 Å². The van der Waals surface area contributed by atoms with Gasteiger partial charge in [-0.1, -0.05) is 12.1 Å². The van der Waals surface area contributed by atoms with Crippen LogP contribution >= 0.6 is 11.3 Å². The van der Waals surface area contributed by atoms with E-state index in [1.54, 1.807) is 17.5 Å². The maximum absolute atomic E-state index is 10.1. The number of nitrogens with zero attached hydrogens (tertiary/aromatic N) is 2. The Bertz CT molecular complexity index is 504. The van der Waals surface area contributed by atoms with Crippen molar-refractivity contribution in [2.45, 2.75) is 25.7 Å². The van der Waals surface area contributed by atoms with Gasteiger partial charge in [0.05, 0.1) is 25.0 Å². The summed E-state index contributed by atoms with van der Waals surface area (Å²) in [6.07, 6.45) is 1.29. The van der Waals surface area contributed by atoms with Crippen molar-refractivity contribution in [1.29, 1.82) is 0 Å². The summed E-state index contributed by atoms with van der Waals surface area (Å²) in [5.74, 6) is 0. The zero-order valence-corrected chi connectivity index (χ0v) is 13.3. The van der Waals surface area contributed by atoms with Crippen molar-refractivity contribution in [3.05, 3.63) is 52.5 Å². The lowest BCUT2D eigenvalue weighted by atomic mass is 10.2. The third-order valence-electron chi connectivity index (χ3n) is 3.41. The van der Waals surface area contributed by atoms with Gasteiger partial charge in [-0.3, -0.25) is 9.88 Å². The zero-order chi connectivity index (χ0) is 15.1. The van der Waals surface area contributed by atoms with Crippen molar-refractivity contribution in [3.63, 3.8) is 0 Å². The van der Waals surface area contributed by atoms with Crippen LogP contribution in [0.25, 0.3) is 0 Å². The number of rotatable bonds is 8. The maximum Gasteiger partial charge on any atom is 0.0900 e. The lowest BCUT2D eigenvalue weighted by molar-refractivity contribution is 0.00906. The number of aromatic nitrogens is 1. The predicted octanol–water partition coefficient (Wildman–Crippen LogP) is 2.71. The average Bonchev–Trinajstić information content (AvgIpc) is 3.00. The molecule has 0 fully saturated rings. The Hall–Kier alpha value is -1.27. The van der Waals surface area contributed by atoms with Gasteiger partial charge in [-0.05, 0) is 37.6 Å². The van der Waals surface area contributed by atoms with Crippen LogP contribution in [0.5, 0.6) is 0 Å². The standard InChI is InChI=1S/C16H22N2O2S/c1-13(16-7-3-4-8-17-16)18(2)10-14(19)11-20-12-15-6-5-9-21-15/h3-9,13-14,19H,10-12H2,1-2H3. The van der Waals surface area contributed by atoms with Crippen LogP contribution in [0.15, 0.2) is 41.9 Å². The van der Waals surface area contributed by atoms with E-state index in [0.717, 1.165) is 5.69 Å². The third-order valence-corrected chi connectivity index (χ3v) is 4.26. The molecule has 2 aromatic heterocycles. The van der Waals surface area contributed by atoms with Crippen LogP contribution in [0.2, 0.25) is 0 Å². The molecule has 2 atom stereocenters. The van der Waals surface area contributed by atoms with Crippen molar-refractivity contribution >= 4 is 11.3 Å². The van der Waals surface area contributed by atoms with Gasteiger partial charge in [0.2, 0.25) is 0 Å². The van der Waals surface area contributed by atoms with Gasteiger partial charge >= 0.3 is 0 Å². The molecule has 2 aromatic rings. The van der Waals surface area contributed by atoms with Crippen LogP contribution in [0, 0.1) is 0 Å². The minimum Gasteiger partial charge on any atom is -0.389 e. The van der Waals surface area contributed by atoms with E-state index in [-0.39, 0.29) is 6.04 Å². The fraction of sp³-hybridized carbons (Fsp3) is 0.438. The highest BCUT2D eigenvalue weighted by Crippen LogP contribution is 2.16. The molecule has 0 saturated carbocycles.